The molecule has 8 heavy (non-hydrogen) atoms. The first kappa shape index (κ1) is 5.56. The van der Waals surface area contributed by atoms with Crippen LogP contribution >= 0.6 is 11.5 Å². The highest BCUT2D eigenvalue weighted by molar-refractivity contribution is 7.03. The molecule has 0 saturated carbocycles. The molecule has 3 heteroatoms. The Labute approximate surface area is 52.7 Å². The number of nitrogens with one attached hydrogen (secondary N) is 1. The van der Waals surface area contributed by atoms with E-state index in [0.29, 0.717) is 0 Å². The van der Waals surface area contributed by atoms with Gasteiger partial charge in [0, 0.05) is 11.9 Å². The topological polar surface area (TPSA) is 24.9 Å². The Hall–Kier alpha value is -0.570. The smallest absolute Gasteiger partial charge is 0.139 e. The number of anilines is 1. The first-order valence-corrected chi connectivity index (χ1v) is 3.41. The van der Waals surface area contributed by atoms with Gasteiger partial charge in [-0.3, -0.25) is 0 Å². The summed E-state index contributed by atoms with van der Waals surface area (Å²) in [5, 5.41) is 5.04. The molecule has 0 atom stereocenters. The summed E-state index contributed by atoms with van der Waals surface area (Å²) < 4.78 is 4.04. The van der Waals surface area contributed by atoms with E-state index in [9.17, 15) is 0 Å². The third-order valence-corrected chi connectivity index (χ3v) is 1.36. The van der Waals surface area contributed by atoms with Gasteiger partial charge in [-0.25, -0.2) is 0 Å². The molecule has 0 bridgehead atoms. The summed E-state index contributed by atoms with van der Waals surface area (Å²) in [7, 11) is 0. The molecule has 1 aromatic heterocycles. The molecule has 0 radical (unpaired) electrons. The van der Waals surface area contributed by atoms with Gasteiger partial charge in [-0.15, -0.1) is 0 Å². The van der Waals surface area contributed by atoms with E-state index in [1.165, 1.54) is 11.5 Å². The maximum absolute atomic E-state index is 4.04. The molecule has 0 spiro atoms. The second-order valence-electron chi connectivity index (χ2n) is 1.42. The predicted octanol–water partition coefficient (Wildman–Crippen LogP) is 1.57. The Bertz CT molecular complexity index is 136. The molecule has 0 aliphatic carbocycles. The molecule has 1 aromatic rings. The normalized spacial score (nSPS) is 9.12. The molecule has 0 unspecified atom stereocenters. The first-order valence-electron chi connectivity index (χ1n) is 2.57. The quantitative estimate of drug-likeness (QED) is 0.654. The van der Waals surface area contributed by atoms with Crippen molar-refractivity contribution in [1.82, 2.24) is 4.37 Å². The zero-order valence-corrected chi connectivity index (χ0v) is 5.53. The van der Waals surface area contributed by atoms with Crippen LogP contribution < -0.4 is 5.32 Å². The van der Waals surface area contributed by atoms with Gasteiger partial charge in [-0.05, 0) is 24.5 Å². The Morgan fingerprint density at radius 2 is 2.75 bits per heavy atom. The lowest BCUT2D eigenvalue weighted by Crippen LogP contribution is -1.94. The van der Waals surface area contributed by atoms with Crippen LogP contribution in [0.2, 0.25) is 0 Å². The van der Waals surface area contributed by atoms with E-state index in [4.69, 9.17) is 0 Å². The average Bonchev–Trinajstić information content (AvgIpc) is 2.19. The van der Waals surface area contributed by atoms with E-state index < -0.39 is 0 Å². The molecule has 0 aromatic carbocycles. The summed E-state index contributed by atoms with van der Waals surface area (Å²) >= 11 is 1.47. The number of hydrogen-bond donors (Lipinski definition) is 1. The van der Waals surface area contributed by atoms with Crippen molar-refractivity contribution in [2.45, 2.75) is 6.92 Å². The van der Waals surface area contributed by atoms with Crippen LogP contribution in [0.4, 0.5) is 5.82 Å². The molecule has 0 amide bonds. The zero-order valence-electron chi connectivity index (χ0n) is 4.72. The molecular formula is C5H8N2S. The van der Waals surface area contributed by atoms with Gasteiger partial charge in [0.2, 0.25) is 0 Å². The lowest BCUT2D eigenvalue weighted by atomic mass is 10.6. The number of nitrogens with zero attached hydrogens (tertiary/aromatic N) is 1. The summed E-state index contributed by atoms with van der Waals surface area (Å²) in [4.78, 5) is 0. The van der Waals surface area contributed by atoms with Gasteiger partial charge in [0.05, 0.1) is 0 Å². The highest BCUT2D eigenvalue weighted by Gasteiger charge is 1.85. The van der Waals surface area contributed by atoms with Crippen LogP contribution in [0.3, 0.4) is 0 Å². The monoisotopic (exact) mass is 128 g/mol. The fraction of sp³-hybridized carbons (Fsp3) is 0.400. The van der Waals surface area contributed by atoms with Crippen LogP contribution in [0.15, 0.2) is 11.4 Å². The van der Waals surface area contributed by atoms with Crippen LogP contribution in [0.5, 0.6) is 0 Å². The Balaban J connectivity index is 2.50. The lowest BCUT2D eigenvalue weighted by molar-refractivity contribution is 1.19. The standard InChI is InChI=1S/C5H8N2S/c1-2-6-5-3-4-8-7-5/h3-4H,2H2,1H3,(H,6,7). The van der Waals surface area contributed by atoms with Crippen LogP contribution in [0.25, 0.3) is 0 Å². The molecule has 1 N–H and O–H groups in total. The third kappa shape index (κ3) is 1.20. The van der Waals surface area contributed by atoms with Crippen LogP contribution in [0, 0.1) is 0 Å². The summed E-state index contributed by atoms with van der Waals surface area (Å²) in [6.07, 6.45) is 0. The van der Waals surface area contributed by atoms with Crippen molar-refractivity contribution in [3.8, 4) is 0 Å². The van der Waals surface area contributed by atoms with Crippen molar-refractivity contribution in [2.24, 2.45) is 0 Å². The Morgan fingerprint density at radius 3 is 3.25 bits per heavy atom. The molecule has 1 rings (SSSR count). The van der Waals surface area contributed by atoms with Gasteiger partial charge in [-0.1, -0.05) is 0 Å². The minimum absolute atomic E-state index is 0.948. The number of hydrogen-bond acceptors (Lipinski definition) is 3. The largest absolute Gasteiger partial charge is 0.370 e. The van der Waals surface area contributed by atoms with Crippen molar-refractivity contribution in [3.63, 3.8) is 0 Å². The Morgan fingerprint density at radius 1 is 1.88 bits per heavy atom. The van der Waals surface area contributed by atoms with Crippen LogP contribution in [-0.4, -0.2) is 10.9 Å². The first-order chi connectivity index (χ1) is 3.93. The van der Waals surface area contributed by atoms with Gasteiger partial charge in [0.1, 0.15) is 5.82 Å². The van der Waals surface area contributed by atoms with E-state index in [0.717, 1.165) is 12.4 Å². The predicted molar refractivity (Wildman–Crippen MR) is 36.3 cm³/mol. The Kier molecular flexibility index (Phi) is 1.86. The van der Waals surface area contributed by atoms with Crippen molar-refractivity contribution in [1.29, 1.82) is 0 Å². The molecule has 44 valence electrons. The molecule has 2 nitrogen and oxygen atoms in total. The van der Waals surface area contributed by atoms with Gasteiger partial charge in [0.25, 0.3) is 0 Å². The van der Waals surface area contributed by atoms with Crippen molar-refractivity contribution in [3.05, 3.63) is 11.4 Å². The van der Waals surface area contributed by atoms with E-state index in [1.54, 1.807) is 0 Å². The highest BCUT2D eigenvalue weighted by Crippen LogP contribution is 2.03. The summed E-state index contributed by atoms with van der Waals surface area (Å²) in [6, 6.07) is 1.97. The van der Waals surface area contributed by atoms with Gasteiger partial charge < -0.3 is 5.32 Å². The second kappa shape index (κ2) is 2.67. The lowest BCUT2D eigenvalue weighted by Gasteiger charge is -1.91. The number of aromatic nitrogens is 1. The molecule has 0 aliphatic rings. The second-order valence-corrected chi connectivity index (χ2v) is 2.08. The van der Waals surface area contributed by atoms with E-state index >= 15 is 0 Å². The average molecular weight is 128 g/mol. The molecule has 0 fully saturated rings. The SMILES string of the molecule is CCNc1ccsn1. The minimum atomic E-state index is 0.948. The number of rotatable bonds is 2. The minimum Gasteiger partial charge on any atom is -0.370 e. The zero-order chi connectivity index (χ0) is 5.82. The molecular weight excluding hydrogens is 120 g/mol. The van der Waals surface area contributed by atoms with Gasteiger partial charge in [0.15, 0.2) is 0 Å². The van der Waals surface area contributed by atoms with Crippen molar-refractivity contribution < 1.29 is 0 Å². The molecule has 0 aliphatic heterocycles. The van der Waals surface area contributed by atoms with E-state index in [1.807, 2.05) is 11.4 Å². The van der Waals surface area contributed by atoms with Gasteiger partial charge >= 0.3 is 0 Å². The maximum atomic E-state index is 4.04. The van der Waals surface area contributed by atoms with Crippen LogP contribution in [-0.2, 0) is 0 Å². The van der Waals surface area contributed by atoms with Crippen molar-refractivity contribution in [2.75, 3.05) is 11.9 Å². The van der Waals surface area contributed by atoms with Crippen LogP contribution in [0.1, 0.15) is 6.92 Å². The van der Waals surface area contributed by atoms with Crippen molar-refractivity contribution >= 4 is 17.4 Å². The molecule has 1 heterocycles. The van der Waals surface area contributed by atoms with E-state index in [2.05, 4.69) is 16.6 Å². The summed E-state index contributed by atoms with van der Waals surface area (Å²) in [5.41, 5.74) is 0. The molecule has 0 saturated heterocycles. The highest BCUT2D eigenvalue weighted by atomic mass is 32.1. The van der Waals surface area contributed by atoms with E-state index in [-0.39, 0.29) is 0 Å². The third-order valence-electron chi connectivity index (χ3n) is 0.796. The summed E-state index contributed by atoms with van der Waals surface area (Å²) in [5.74, 6) is 0.984. The maximum Gasteiger partial charge on any atom is 0.139 e. The fourth-order valence-electron chi connectivity index (χ4n) is 0.485. The summed E-state index contributed by atoms with van der Waals surface area (Å²) in [6.45, 7) is 3.00. The van der Waals surface area contributed by atoms with Gasteiger partial charge in [-0.2, -0.15) is 4.37 Å². The fourth-order valence-corrected chi connectivity index (χ4v) is 0.974.